The van der Waals surface area contributed by atoms with Crippen LogP contribution in [0.2, 0.25) is 0 Å². The van der Waals surface area contributed by atoms with Crippen molar-refractivity contribution in [2.24, 2.45) is 0 Å². The summed E-state index contributed by atoms with van der Waals surface area (Å²) in [6, 6.07) is 5.38. The van der Waals surface area contributed by atoms with Gasteiger partial charge in [-0.05, 0) is 44.0 Å². The Bertz CT molecular complexity index is 496. The fourth-order valence-electron chi connectivity index (χ4n) is 2.21. The number of hydrogen-bond acceptors (Lipinski definition) is 3. The predicted octanol–water partition coefficient (Wildman–Crippen LogP) is 2.93. The lowest BCUT2D eigenvalue weighted by atomic mass is 10.1. The van der Waals surface area contributed by atoms with Crippen LogP contribution in [0.3, 0.4) is 0 Å². The van der Waals surface area contributed by atoms with E-state index in [1.165, 1.54) is 0 Å². The Kier molecular flexibility index (Phi) is 3.87. The maximum Gasteiger partial charge on any atom is 0.408 e. The molecule has 2 atom stereocenters. The van der Waals surface area contributed by atoms with Gasteiger partial charge in [0.2, 0.25) is 0 Å². The van der Waals surface area contributed by atoms with E-state index in [1.807, 2.05) is 39.0 Å². The van der Waals surface area contributed by atoms with Gasteiger partial charge in [-0.25, -0.2) is 4.79 Å². The van der Waals surface area contributed by atoms with E-state index in [0.717, 1.165) is 15.6 Å². The lowest BCUT2D eigenvalue weighted by Crippen LogP contribution is -2.38. The molecule has 2 rings (SSSR count). The first-order valence-corrected chi connectivity index (χ1v) is 7.01. The number of halogens is 1. The van der Waals surface area contributed by atoms with E-state index in [9.17, 15) is 9.90 Å². The van der Waals surface area contributed by atoms with Crippen molar-refractivity contribution < 1.29 is 14.6 Å². The Labute approximate surface area is 121 Å². The number of rotatable bonds is 1. The Hall–Kier alpha value is -1.07. The number of hydrogen-bond donors (Lipinski definition) is 2. The highest BCUT2D eigenvalue weighted by atomic mass is 79.9. The second kappa shape index (κ2) is 5.13. The molecule has 2 N–H and O–H groups in total. The number of aliphatic hydroxyl groups is 1. The summed E-state index contributed by atoms with van der Waals surface area (Å²) in [7, 11) is 0. The average Bonchev–Trinajstić information content (AvgIpc) is 2.51. The number of nitrogens with one attached hydrogen (secondary N) is 1. The summed E-state index contributed by atoms with van der Waals surface area (Å²) in [4.78, 5) is 11.8. The lowest BCUT2D eigenvalue weighted by molar-refractivity contribution is 0.0438. The monoisotopic (exact) mass is 327 g/mol. The van der Waals surface area contributed by atoms with E-state index < -0.39 is 23.8 Å². The SMILES string of the molecule is CC(C)(C)OC(=O)NC1c2ccc(Br)cc2C[C@H]1O. The highest BCUT2D eigenvalue weighted by Gasteiger charge is 2.33. The van der Waals surface area contributed by atoms with Gasteiger partial charge in [0, 0.05) is 10.9 Å². The number of amides is 1. The van der Waals surface area contributed by atoms with Gasteiger partial charge in [0.1, 0.15) is 5.60 Å². The number of fused-ring (bicyclic) bond motifs is 1. The number of carbonyl (C=O) groups excluding carboxylic acids is 1. The second-order valence-electron chi connectivity index (χ2n) is 5.74. The number of aliphatic hydroxyl groups excluding tert-OH is 1. The summed E-state index contributed by atoms with van der Waals surface area (Å²) in [6.45, 7) is 5.42. The molecule has 1 aromatic rings. The number of ether oxygens (including phenoxy) is 1. The van der Waals surface area contributed by atoms with E-state index in [4.69, 9.17) is 4.74 Å². The molecule has 0 saturated carbocycles. The molecular weight excluding hydrogens is 310 g/mol. The van der Waals surface area contributed by atoms with Crippen LogP contribution in [-0.2, 0) is 11.2 Å². The molecule has 0 aromatic heterocycles. The van der Waals surface area contributed by atoms with Gasteiger partial charge >= 0.3 is 6.09 Å². The van der Waals surface area contributed by atoms with Crippen LogP contribution in [0.25, 0.3) is 0 Å². The summed E-state index contributed by atoms with van der Waals surface area (Å²) in [5, 5.41) is 12.8. The molecule has 1 aliphatic carbocycles. The molecule has 5 heteroatoms. The van der Waals surface area contributed by atoms with E-state index in [-0.39, 0.29) is 0 Å². The van der Waals surface area contributed by atoms with Gasteiger partial charge in [0.05, 0.1) is 12.1 Å². The molecule has 0 heterocycles. The third-order valence-corrected chi connectivity index (χ3v) is 3.42. The first-order valence-electron chi connectivity index (χ1n) is 6.22. The van der Waals surface area contributed by atoms with E-state index in [0.29, 0.717) is 6.42 Å². The minimum Gasteiger partial charge on any atom is -0.444 e. The zero-order valence-electron chi connectivity index (χ0n) is 11.2. The van der Waals surface area contributed by atoms with Crippen molar-refractivity contribution in [3.63, 3.8) is 0 Å². The summed E-state index contributed by atoms with van der Waals surface area (Å²) in [5.41, 5.74) is 1.44. The van der Waals surface area contributed by atoms with Gasteiger partial charge in [-0.1, -0.05) is 22.0 Å². The van der Waals surface area contributed by atoms with Crippen molar-refractivity contribution in [3.8, 4) is 0 Å². The number of carbonyl (C=O) groups is 1. The highest BCUT2D eigenvalue weighted by molar-refractivity contribution is 9.10. The smallest absolute Gasteiger partial charge is 0.408 e. The fourth-order valence-corrected chi connectivity index (χ4v) is 2.62. The molecule has 1 aliphatic rings. The highest BCUT2D eigenvalue weighted by Crippen LogP contribution is 2.33. The zero-order chi connectivity index (χ0) is 14.2. The van der Waals surface area contributed by atoms with Crippen LogP contribution in [0.5, 0.6) is 0 Å². The summed E-state index contributed by atoms with van der Waals surface area (Å²) < 4.78 is 6.19. The van der Waals surface area contributed by atoms with Crippen molar-refractivity contribution in [1.82, 2.24) is 5.32 Å². The van der Waals surface area contributed by atoms with Gasteiger partial charge < -0.3 is 15.2 Å². The molecule has 0 saturated heterocycles. The number of alkyl carbamates (subject to hydrolysis) is 1. The van der Waals surface area contributed by atoms with Gasteiger partial charge in [-0.3, -0.25) is 0 Å². The first-order chi connectivity index (χ1) is 8.76. The maximum absolute atomic E-state index is 11.8. The molecule has 0 spiro atoms. The Morgan fingerprint density at radius 3 is 2.79 bits per heavy atom. The van der Waals surface area contributed by atoms with Crippen LogP contribution in [0, 0.1) is 0 Å². The largest absolute Gasteiger partial charge is 0.444 e. The quantitative estimate of drug-likeness (QED) is 0.833. The third kappa shape index (κ3) is 3.48. The molecule has 0 bridgehead atoms. The van der Waals surface area contributed by atoms with Crippen molar-refractivity contribution in [2.45, 2.75) is 44.9 Å². The van der Waals surface area contributed by atoms with Gasteiger partial charge in [0.25, 0.3) is 0 Å². The van der Waals surface area contributed by atoms with Crippen LogP contribution in [-0.4, -0.2) is 22.9 Å². The van der Waals surface area contributed by atoms with E-state index in [2.05, 4.69) is 21.2 Å². The Morgan fingerprint density at radius 2 is 2.16 bits per heavy atom. The zero-order valence-corrected chi connectivity index (χ0v) is 12.8. The molecule has 0 fully saturated rings. The molecule has 1 aromatic carbocycles. The third-order valence-electron chi connectivity index (χ3n) is 2.93. The van der Waals surface area contributed by atoms with Crippen molar-refractivity contribution >= 4 is 22.0 Å². The second-order valence-corrected chi connectivity index (χ2v) is 6.65. The molecule has 1 unspecified atom stereocenters. The van der Waals surface area contributed by atoms with E-state index >= 15 is 0 Å². The summed E-state index contributed by atoms with van der Waals surface area (Å²) in [5.74, 6) is 0. The van der Waals surface area contributed by atoms with Crippen LogP contribution < -0.4 is 5.32 Å². The van der Waals surface area contributed by atoms with Crippen molar-refractivity contribution in [1.29, 1.82) is 0 Å². The Morgan fingerprint density at radius 1 is 1.47 bits per heavy atom. The minimum atomic E-state index is -0.614. The minimum absolute atomic E-state index is 0.405. The number of benzene rings is 1. The topological polar surface area (TPSA) is 58.6 Å². The molecule has 0 aliphatic heterocycles. The Balaban J connectivity index is 2.12. The first kappa shape index (κ1) is 14.3. The fraction of sp³-hybridized carbons (Fsp3) is 0.500. The van der Waals surface area contributed by atoms with Gasteiger partial charge in [0.15, 0.2) is 0 Å². The standard InChI is InChI=1S/C14H18BrNO3/c1-14(2,3)19-13(18)16-12-10-5-4-9(15)6-8(10)7-11(12)17/h4-6,11-12,17H,7H2,1-3H3,(H,16,18)/t11-,12?/m1/s1. The molecule has 19 heavy (non-hydrogen) atoms. The van der Waals surface area contributed by atoms with Crippen LogP contribution in [0.4, 0.5) is 4.79 Å². The molecular formula is C14H18BrNO3. The normalized spacial score (nSPS) is 21.9. The molecule has 0 radical (unpaired) electrons. The lowest BCUT2D eigenvalue weighted by Gasteiger charge is -2.23. The van der Waals surface area contributed by atoms with Gasteiger partial charge in [-0.2, -0.15) is 0 Å². The maximum atomic E-state index is 11.8. The van der Waals surface area contributed by atoms with E-state index in [1.54, 1.807) is 0 Å². The molecule has 4 nitrogen and oxygen atoms in total. The summed E-state index contributed by atoms with van der Waals surface area (Å²) in [6.07, 6.45) is -0.584. The average molecular weight is 328 g/mol. The van der Waals surface area contributed by atoms with Crippen LogP contribution >= 0.6 is 15.9 Å². The van der Waals surface area contributed by atoms with Crippen LogP contribution in [0.15, 0.2) is 22.7 Å². The van der Waals surface area contributed by atoms with Crippen molar-refractivity contribution in [2.75, 3.05) is 0 Å². The molecule has 104 valence electrons. The predicted molar refractivity (Wildman–Crippen MR) is 76.0 cm³/mol. The molecule has 1 amide bonds. The van der Waals surface area contributed by atoms with Crippen molar-refractivity contribution in [3.05, 3.63) is 33.8 Å². The van der Waals surface area contributed by atoms with Gasteiger partial charge in [-0.15, -0.1) is 0 Å². The van der Waals surface area contributed by atoms with Crippen LogP contribution in [0.1, 0.15) is 37.9 Å². The summed E-state index contributed by atoms with van der Waals surface area (Å²) >= 11 is 3.40.